The van der Waals surface area contributed by atoms with E-state index in [4.69, 9.17) is 5.11 Å². The highest BCUT2D eigenvalue weighted by molar-refractivity contribution is 7.90. The Bertz CT molecular complexity index is 806. The molecule has 7 heteroatoms. The van der Waals surface area contributed by atoms with Crippen LogP contribution in [0.4, 0.5) is 0 Å². The third-order valence-electron chi connectivity index (χ3n) is 3.19. The predicted octanol–water partition coefficient (Wildman–Crippen LogP) is 1.71. The Labute approximate surface area is 123 Å². The van der Waals surface area contributed by atoms with E-state index in [1.165, 1.54) is 10.7 Å². The highest BCUT2D eigenvalue weighted by Gasteiger charge is 2.22. The average Bonchev–Trinajstić information content (AvgIpc) is 2.72. The smallest absolute Gasteiger partial charge is 0.335 e. The van der Waals surface area contributed by atoms with E-state index in [0.29, 0.717) is 16.8 Å². The molecule has 112 valence electrons. The maximum absolute atomic E-state index is 12.5. The summed E-state index contributed by atoms with van der Waals surface area (Å²) in [7, 11) is -1.94. The molecule has 0 saturated carbocycles. The van der Waals surface area contributed by atoms with Gasteiger partial charge in [0.1, 0.15) is 0 Å². The van der Waals surface area contributed by atoms with Gasteiger partial charge in [-0.1, -0.05) is 6.07 Å². The van der Waals surface area contributed by atoms with E-state index in [2.05, 4.69) is 5.10 Å². The van der Waals surface area contributed by atoms with Gasteiger partial charge in [-0.25, -0.2) is 13.2 Å². The molecule has 0 unspecified atom stereocenters. The van der Waals surface area contributed by atoms with Crippen LogP contribution in [0.2, 0.25) is 0 Å². The van der Waals surface area contributed by atoms with Crippen molar-refractivity contribution in [1.29, 1.82) is 0 Å². The van der Waals surface area contributed by atoms with E-state index < -0.39 is 15.8 Å². The molecule has 0 atom stereocenters. The van der Waals surface area contributed by atoms with Crippen LogP contribution in [0.3, 0.4) is 0 Å². The summed E-state index contributed by atoms with van der Waals surface area (Å²) < 4.78 is 26.5. The lowest BCUT2D eigenvalue weighted by atomic mass is 10.1. The minimum absolute atomic E-state index is 0.000181. The number of hydrogen-bond donors (Lipinski definition) is 1. The second-order valence-electron chi connectivity index (χ2n) is 4.98. The first kappa shape index (κ1) is 15.2. The highest BCUT2D eigenvalue weighted by atomic mass is 32.2. The van der Waals surface area contributed by atoms with Crippen LogP contribution in [0, 0.1) is 13.8 Å². The lowest BCUT2D eigenvalue weighted by molar-refractivity contribution is 0.0696. The van der Waals surface area contributed by atoms with Crippen LogP contribution in [0.15, 0.2) is 29.3 Å². The van der Waals surface area contributed by atoms with Gasteiger partial charge in [-0.3, -0.25) is 4.68 Å². The van der Waals surface area contributed by atoms with Crippen molar-refractivity contribution in [1.82, 2.24) is 9.78 Å². The topological polar surface area (TPSA) is 89.3 Å². The molecule has 2 rings (SSSR count). The number of carboxylic acids is 1. The van der Waals surface area contributed by atoms with E-state index in [9.17, 15) is 13.2 Å². The summed E-state index contributed by atoms with van der Waals surface area (Å²) in [5.74, 6) is -1.39. The summed E-state index contributed by atoms with van der Waals surface area (Å²) in [6, 6.07) is 4.43. The molecule has 21 heavy (non-hydrogen) atoms. The molecule has 0 radical (unpaired) electrons. The Morgan fingerprint density at radius 2 is 1.95 bits per heavy atom. The maximum atomic E-state index is 12.5. The fourth-order valence-corrected chi connectivity index (χ4v) is 3.76. The number of aryl methyl sites for hydroxylation is 3. The van der Waals surface area contributed by atoms with E-state index in [1.807, 2.05) is 0 Å². The molecule has 1 aromatic heterocycles. The summed E-state index contributed by atoms with van der Waals surface area (Å²) in [6.45, 7) is 3.30. The van der Waals surface area contributed by atoms with Gasteiger partial charge in [0.15, 0.2) is 9.84 Å². The minimum Gasteiger partial charge on any atom is -0.478 e. The maximum Gasteiger partial charge on any atom is 0.335 e. The fraction of sp³-hybridized carbons (Fsp3) is 0.286. The second kappa shape index (κ2) is 5.33. The molecule has 0 fully saturated rings. The van der Waals surface area contributed by atoms with E-state index in [1.54, 1.807) is 39.2 Å². The molecule has 1 N–H and O–H groups in total. The van der Waals surface area contributed by atoms with Gasteiger partial charge in [0.2, 0.25) is 0 Å². The summed E-state index contributed by atoms with van der Waals surface area (Å²) in [5, 5.41) is 13.2. The lowest BCUT2D eigenvalue weighted by Crippen LogP contribution is -2.10. The zero-order valence-electron chi connectivity index (χ0n) is 12.0. The van der Waals surface area contributed by atoms with Crippen LogP contribution in [-0.4, -0.2) is 29.3 Å². The first-order valence-corrected chi connectivity index (χ1v) is 7.92. The Morgan fingerprint density at radius 3 is 2.48 bits per heavy atom. The van der Waals surface area contributed by atoms with Gasteiger partial charge < -0.3 is 5.11 Å². The van der Waals surface area contributed by atoms with Crippen molar-refractivity contribution in [3.63, 3.8) is 0 Å². The van der Waals surface area contributed by atoms with Crippen LogP contribution in [-0.2, 0) is 22.6 Å². The number of rotatable bonds is 4. The Balaban J connectivity index is 2.49. The molecule has 0 spiro atoms. The molecule has 0 bridgehead atoms. The van der Waals surface area contributed by atoms with Gasteiger partial charge in [0.25, 0.3) is 0 Å². The summed E-state index contributed by atoms with van der Waals surface area (Å²) >= 11 is 0. The van der Waals surface area contributed by atoms with Crippen molar-refractivity contribution < 1.29 is 18.3 Å². The number of hydrogen-bond acceptors (Lipinski definition) is 4. The average molecular weight is 308 g/mol. The third-order valence-corrected chi connectivity index (χ3v) is 4.98. The van der Waals surface area contributed by atoms with Crippen LogP contribution >= 0.6 is 0 Å². The summed E-state index contributed by atoms with van der Waals surface area (Å²) in [4.78, 5) is 11.2. The first-order chi connectivity index (χ1) is 9.70. The number of carboxylic acid groups (broad SMARTS) is 1. The normalized spacial score (nSPS) is 11.6. The Morgan fingerprint density at radius 1 is 1.29 bits per heavy atom. The van der Waals surface area contributed by atoms with E-state index >= 15 is 0 Å². The molecular weight excluding hydrogens is 292 g/mol. The van der Waals surface area contributed by atoms with Crippen LogP contribution in [0.25, 0.3) is 0 Å². The van der Waals surface area contributed by atoms with Gasteiger partial charge in [-0.2, -0.15) is 5.10 Å². The molecule has 0 aliphatic carbocycles. The monoisotopic (exact) mass is 308 g/mol. The summed E-state index contributed by atoms with van der Waals surface area (Å²) in [6.07, 6.45) is 1.66. The number of carbonyl (C=O) groups is 1. The van der Waals surface area contributed by atoms with Gasteiger partial charge in [0.05, 0.1) is 21.9 Å². The van der Waals surface area contributed by atoms with Crippen molar-refractivity contribution in [2.45, 2.75) is 24.5 Å². The molecule has 2 aromatic rings. The fourth-order valence-electron chi connectivity index (χ4n) is 2.21. The van der Waals surface area contributed by atoms with Crippen LogP contribution in [0.1, 0.15) is 27.2 Å². The SMILES string of the molecule is Cc1cc(C)c(S(=O)(=O)Cc2ccn(C)n2)cc1C(=O)O. The number of nitrogens with zero attached hydrogens (tertiary/aromatic N) is 2. The second-order valence-corrected chi connectivity index (χ2v) is 6.94. The molecular formula is C14H16N2O4S. The zero-order chi connectivity index (χ0) is 15.8. The van der Waals surface area contributed by atoms with Crippen LogP contribution in [0.5, 0.6) is 0 Å². The highest BCUT2D eigenvalue weighted by Crippen LogP contribution is 2.23. The van der Waals surface area contributed by atoms with Crippen molar-refractivity contribution in [3.05, 3.63) is 46.8 Å². The molecule has 0 aliphatic heterocycles. The third kappa shape index (κ3) is 3.13. The van der Waals surface area contributed by atoms with Crippen molar-refractivity contribution in [2.24, 2.45) is 7.05 Å². The molecule has 0 saturated heterocycles. The van der Waals surface area contributed by atoms with Gasteiger partial charge in [-0.15, -0.1) is 0 Å². The van der Waals surface area contributed by atoms with E-state index in [0.717, 1.165) is 0 Å². The van der Waals surface area contributed by atoms with Gasteiger partial charge in [-0.05, 0) is 37.1 Å². The van der Waals surface area contributed by atoms with Crippen molar-refractivity contribution >= 4 is 15.8 Å². The number of sulfone groups is 1. The summed E-state index contributed by atoms with van der Waals surface area (Å²) in [5.41, 5.74) is 1.50. The number of aromatic nitrogens is 2. The standard InChI is InChI=1S/C14H16N2O4S/c1-9-6-10(2)13(7-12(9)14(17)18)21(19,20)8-11-4-5-16(3)15-11/h4-7H,8H2,1-3H3,(H,17,18). The van der Waals surface area contributed by atoms with Crippen molar-refractivity contribution in [2.75, 3.05) is 0 Å². The quantitative estimate of drug-likeness (QED) is 0.928. The first-order valence-electron chi connectivity index (χ1n) is 6.26. The molecule has 0 aliphatic rings. The molecule has 1 heterocycles. The molecule has 1 aromatic carbocycles. The Hall–Kier alpha value is -2.15. The zero-order valence-corrected chi connectivity index (χ0v) is 12.8. The lowest BCUT2D eigenvalue weighted by Gasteiger charge is -2.10. The number of aromatic carboxylic acids is 1. The molecule has 6 nitrogen and oxygen atoms in total. The number of benzene rings is 1. The van der Waals surface area contributed by atoms with Gasteiger partial charge >= 0.3 is 5.97 Å². The Kier molecular flexibility index (Phi) is 3.87. The predicted molar refractivity (Wildman–Crippen MR) is 77.0 cm³/mol. The van der Waals surface area contributed by atoms with Gasteiger partial charge in [0, 0.05) is 13.2 Å². The largest absolute Gasteiger partial charge is 0.478 e. The van der Waals surface area contributed by atoms with Crippen LogP contribution < -0.4 is 0 Å². The molecule has 0 amide bonds. The van der Waals surface area contributed by atoms with E-state index in [-0.39, 0.29) is 16.2 Å². The minimum atomic E-state index is -3.64. The van der Waals surface area contributed by atoms with Crippen molar-refractivity contribution in [3.8, 4) is 0 Å².